The first kappa shape index (κ1) is 18.0. The van der Waals surface area contributed by atoms with E-state index >= 15 is 0 Å². The summed E-state index contributed by atoms with van der Waals surface area (Å²) in [6.45, 7) is 2.66. The average Bonchev–Trinajstić information content (AvgIpc) is 2.66. The molecule has 1 N–H and O–H groups in total. The zero-order valence-electron chi connectivity index (χ0n) is 14.6. The molecule has 0 aliphatic carbocycles. The molecule has 2 aromatic carbocycles. The lowest BCUT2D eigenvalue weighted by Gasteiger charge is -2.10. The Bertz CT molecular complexity index is 926. The van der Waals surface area contributed by atoms with Crippen molar-refractivity contribution in [2.24, 2.45) is 0 Å². The third kappa shape index (κ3) is 4.06. The van der Waals surface area contributed by atoms with Gasteiger partial charge in [-0.05, 0) is 49.4 Å². The Labute approximate surface area is 156 Å². The highest BCUT2D eigenvalue weighted by Crippen LogP contribution is 2.25. The number of nitrogens with zero attached hydrogens (tertiary/aromatic N) is 1. The number of halogens is 1. The molecule has 0 saturated carbocycles. The van der Waals surface area contributed by atoms with Crippen LogP contribution in [-0.4, -0.2) is 24.7 Å². The first-order chi connectivity index (χ1) is 12.6. The highest BCUT2D eigenvalue weighted by molar-refractivity contribution is 6.30. The Kier molecular flexibility index (Phi) is 5.58. The maximum atomic E-state index is 11.7. The molecule has 0 fully saturated rings. The van der Waals surface area contributed by atoms with E-state index < -0.39 is 0 Å². The van der Waals surface area contributed by atoms with Crippen LogP contribution in [0.5, 0.6) is 5.75 Å². The van der Waals surface area contributed by atoms with E-state index in [4.69, 9.17) is 21.1 Å². The van der Waals surface area contributed by atoms with Crippen LogP contribution in [0, 0.1) is 0 Å². The number of esters is 1. The predicted molar refractivity (Wildman–Crippen MR) is 103 cm³/mol. The van der Waals surface area contributed by atoms with Gasteiger partial charge in [0.1, 0.15) is 10.9 Å². The lowest BCUT2D eigenvalue weighted by Crippen LogP contribution is -2.05. The fraction of sp³-hybridized carbons (Fsp3) is 0.200. The lowest BCUT2D eigenvalue weighted by atomic mass is 10.1. The monoisotopic (exact) mass is 370 g/mol. The summed E-state index contributed by atoms with van der Waals surface area (Å²) in [5.41, 5.74) is 3.08. The number of ether oxygens (including phenoxy) is 2. The van der Waals surface area contributed by atoms with Crippen LogP contribution in [0.2, 0.25) is 5.15 Å². The van der Waals surface area contributed by atoms with Crippen LogP contribution in [0.1, 0.15) is 22.8 Å². The minimum Gasteiger partial charge on any atom is -0.497 e. The summed E-state index contributed by atoms with van der Waals surface area (Å²) in [5.74, 6) is 0.421. The topological polar surface area (TPSA) is 60.5 Å². The molecule has 0 saturated heterocycles. The highest BCUT2D eigenvalue weighted by atomic mass is 35.5. The van der Waals surface area contributed by atoms with Gasteiger partial charge in [-0.15, -0.1) is 0 Å². The van der Waals surface area contributed by atoms with Gasteiger partial charge in [0.05, 0.1) is 24.8 Å². The van der Waals surface area contributed by atoms with Crippen LogP contribution < -0.4 is 10.1 Å². The highest BCUT2D eigenvalue weighted by Gasteiger charge is 2.08. The van der Waals surface area contributed by atoms with Gasteiger partial charge in [-0.3, -0.25) is 0 Å². The summed E-state index contributed by atoms with van der Waals surface area (Å²) in [6, 6.07) is 14.8. The second-order valence-electron chi connectivity index (χ2n) is 5.65. The SMILES string of the molecule is CCOC(=O)c1ccc(NCc2cc3ccc(OC)cc3nc2Cl)cc1. The molecule has 3 aromatic rings. The molecule has 26 heavy (non-hydrogen) atoms. The molecule has 3 rings (SSSR count). The molecular weight excluding hydrogens is 352 g/mol. The second kappa shape index (κ2) is 8.06. The van der Waals surface area contributed by atoms with Gasteiger partial charge in [0.15, 0.2) is 0 Å². The van der Waals surface area contributed by atoms with Crippen molar-refractivity contribution in [3.8, 4) is 5.75 Å². The normalized spacial score (nSPS) is 10.6. The summed E-state index contributed by atoms with van der Waals surface area (Å²) in [7, 11) is 1.62. The molecule has 0 spiro atoms. The number of aromatic nitrogens is 1. The van der Waals surface area contributed by atoms with Gasteiger partial charge in [-0.25, -0.2) is 9.78 Å². The van der Waals surface area contributed by atoms with E-state index in [1.165, 1.54) is 0 Å². The summed E-state index contributed by atoms with van der Waals surface area (Å²) < 4.78 is 10.2. The van der Waals surface area contributed by atoms with E-state index in [-0.39, 0.29) is 5.97 Å². The summed E-state index contributed by atoms with van der Waals surface area (Å²) >= 11 is 6.31. The van der Waals surface area contributed by atoms with Crippen LogP contribution in [0.15, 0.2) is 48.5 Å². The largest absolute Gasteiger partial charge is 0.497 e. The zero-order chi connectivity index (χ0) is 18.5. The number of carbonyl (C=O) groups excluding carboxylic acids is 1. The number of pyridine rings is 1. The molecule has 134 valence electrons. The van der Waals surface area contributed by atoms with Crippen molar-refractivity contribution in [2.45, 2.75) is 13.5 Å². The Balaban J connectivity index is 1.73. The fourth-order valence-corrected chi connectivity index (χ4v) is 2.77. The first-order valence-corrected chi connectivity index (χ1v) is 8.62. The zero-order valence-corrected chi connectivity index (χ0v) is 15.3. The first-order valence-electron chi connectivity index (χ1n) is 8.25. The van der Waals surface area contributed by atoms with Gasteiger partial charge in [0.25, 0.3) is 0 Å². The smallest absolute Gasteiger partial charge is 0.338 e. The minimum atomic E-state index is -0.323. The standard InChI is InChI=1S/C20H19ClN2O3/c1-3-26-20(24)13-4-7-16(8-5-13)22-12-15-10-14-6-9-17(25-2)11-18(14)23-19(15)21/h4-11,22H,3,12H2,1-2H3. The van der Waals surface area contributed by atoms with Gasteiger partial charge < -0.3 is 14.8 Å². The third-order valence-electron chi connectivity index (χ3n) is 3.93. The molecule has 0 atom stereocenters. The average molecular weight is 371 g/mol. The van der Waals surface area contributed by atoms with E-state index in [0.29, 0.717) is 23.9 Å². The van der Waals surface area contributed by atoms with Crippen LogP contribution in [-0.2, 0) is 11.3 Å². The molecule has 0 radical (unpaired) electrons. The molecule has 1 aromatic heterocycles. The van der Waals surface area contributed by atoms with Gasteiger partial charge in [0.2, 0.25) is 0 Å². The van der Waals surface area contributed by atoms with Crippen molar-refractivity contribution in [3.63, 3.8) is 0 Å². The maximum absolute atomic E-state index is 11.7. The fourth-order valence-electron chi connectivity index (χ4n) is 2.55. The molecule has 0 aliphatic rings. The van der Waals surface area contributed by atoms with Crippen molar-refractivity contribution in [1.82, 2.24) is 4.98 Å². The Hall–Kier alpha value is -2.79. The number of methoxy groups -OCH3 is 1. The molecule has 0 amide bonds. The molecular formula is C20H19ClN2O3. The number of nitrogens with one attached hydrogen (secondary N) is 1. The van der Waals surface area contributed by atoms with E-state index in [2.05, 4.69) is 10.3 Å². The minimum absolute atomic E-state index is 0.323. The van der Waals surface area contributed by atoms with E-state index in [0.717, 1.165) is 27.9 Å². The Morgan fingerprint density at radius 2 is 1.92 bits per heavy atom. The second-order valence-corrected chi connectivity index (χ2v) is 6.01. The Morgan fingerprint density at radius 3 is 2.62 bits per heavy atom. The number of fused-ring (bicyclic) bond motifs is 1. The van der Waals surface area contributed by atoms with Crippen molar-refractivity contribution >= 4 is 34.2 Å². The quantitative estimate of drug-likeness (QED) is 0.504. The molecule has 0 bridgehead atoms. The van der Waals surface area contributed by atoms with E-state index in [1.807, 2.05) is 36.4 Å². The van der Waals surface area contributed by atoms with Crippen molar-refractivity contribution in [3.05, 3.63) is 64.8 Å². The van der Waals surface area contributed by atoms with E-state index in [9.17, 15) is 4.79 Å². The van der Waals surface area contributed by atoms with Crippen LogP contribution in [0.4, 0.5) is 5.69 Å². The number of benzene rings is 2. The van der Waals surface area contributed by atoms with E-state index in [1.54, 1.807) is 26.2 Å². The summed E-state index contributed by atoms with van der Waals surface area (Å²) in [5, 5.41) is 4.72. The lowest BCUT2D eigenvalue weighted by molar-refractivity contribution is 0.0526. The Morgan fingerprint density at radius 1 is 1.15 bits per heavy atom. The molecule has 1 heterocycles. The number of rotatable bonds is 6. The van der Waals surface area contributed by atoms with Gasteiger partial charge >= 0.3 is 5.97 Å². The number of hydrogen-bond acceptors (Lipinski definition) is 5. The molecule has 0 unspecified atom stereocenters. The molecule has 5 nitrogen and oxygen atoms in total. The number of carbonyl (C=O) groups is 1. The van der Waals surface area contributed by atoms with Crippen molar-refractivity contribution < 1.29 is 14.3 Å². The van der Waals surface area contributed by atoms with Gasteiger partial charge in [-0.1, -0.05) is 11.6 Å². The van der Waals surface area contributed by atoms with Gasteiger partial charge in [-0.2, -0.15) is 0 Å². The molecule has 6 heteroatoms. The predicted octanol–water partition coefficient (Wildman–Crippen LogP) is 4.69. The van der Waals surface area contributed by atoms with Crippen LogP contribution in [0.3, 0.4) is 0 Å². The summed E-state index contributed by atoms with van der Waals surface area (Å²) in [6.07, 6.45) is 0. The number of anilines is 1. The van der Waals surface area contributed by atoms with Crippen molar-refractivity contribution in [2.75, 3.05) is 19.0 Å². The van der Waals surface area contributed by atoms with Gasteiger partial charge in [0, 0.05) is 29.2 Å². The van der Waals surface area contributed by atoms with Crippen LogP contribution >= 0.6 is 11.6 Å². The molecule has 0 aliphatic heterocycles. The van der Waals surface area contributed by atoms with Crippen LogP contribution in [0.25, 0.3) is 10.9 Å². The number of hydrogen-bond donors (Lipinski definition) is 1. The summed E-state index contributed by atoms with van der Waals surface area (Å²) in [4.78, 5) is 16.1. The maximum Gasteiger partial charge on any atom is 0.338 e. The third-order valence-corrected chi connectivity index (χ3v) is 4.26. The van der Waals surface area contributed by atoms with Crippen molar-refractivity contribution in [1.29, 1.82) is 0 Å².